The van der Waals surface area contributed by atoms with E-state index in [0.717, 1.165) is 11.1 Å². The van der Waals surface area contributed by atoms with E-state index in [2.05, 4.69) is 44.5 Å². The molecular formula is C31H41N3O4SSi. The Kier molecular flexibility index (Phi) is 8.89. The molecule has 40 heavy (non-hydrogen) atoms. The van der Waals surface area contributed by atoms with Crippen molar-refractivity contribution in [3.63, 3.8) is 0 Å². The SMILES string of the molecule is CCCS(=O)(=O)N1c2cc(C(=O)C(O[Si](C)(C)C(C)(C)C)c3ccccc3)ccc2NC1NCc1ccccc1. The minimum Gasteiger partial charge on any atom is -0.403 e. The van der Waals surface area contributed by atoms with Crippen LogP contribution in [0, 0.1) is 0 Å². The zero-order chi connectivity index (χ0) is 29.1. The Balaban J connectivity index is 1.70. The molecule has 1 heterocycles. The first-order valence-electron chi connectivity index (χ1n) is 13.8. The largest absolute Gasteiger partial charge is 0.403 e. The Morgan fingerprint density at radius 2 is 1.65 bits per heavy atom. The maximum Gasteiger partial charge on any atom is 0.237 e. The number of rotatable bonds is 11. The average molecular weight is 580 g/mol. The molecule has 0 amide bonds. The molecule has 0 spiro atoms. The number of nitrogens with zero attached hydrogens (tertiary/aromatic N) is 1. The molecule has 4 rings (SSSR count). The van der Waals surface area contributed by atoms with E-state index in [1.54, 1.807) is 18.2 Å². The van der Waals surface area contributed by atoms with Crippen LogP contribution >= 0.6 is 0 Å². The van der Waals surface area contributed by atoms with Gasteiger partial charge in [0, 0.05) is 12.1 Å². The van der Waals surface area contributed by atoms with Crippen LogP contribution in [0.3, 0.4) is 0 Å². The number of anilines is 2. The lowest BCUT2D eigenvalue weighted by atomic mass is 9.99. The highest BCUT2D eigenvalue weighted by atomic mass is 32.2. The molecule has 0 bridgehead atoms. The molecule has 9 heteroatoms. The number of ketones is 1. The molecule has 2 N–H and O–H groups in total. The van der Waals surface area contributed by atoms with Gasteiger partial charge in [0.25, 0.3) is 0 Å². The van der Waals surface area contributed by atoms with Crippen LogP contribution in [-0.2, 0) is 21.0 Å². The van der Waals surface area contributed by atoms with Gasteiger partial charge in [-0.2, -0.15) is 0 Å². The molecule has 3 aromatic rings. The first kappa shape index (κ1) is 30.0. The lowest BCUT2D eigenvalue weighted by molar-refractivity contribution is 0.0767. The summed E-state index contributed by atoms with van der Waals surface area (Å²) in [5.74, 6) is -0.191. The van der Waals surface area contributed by atoms with Crippen LogP contribution in [-0.4, -0.2) is 34.6 Å². The molecule has 2 atom stereocenters. The molecule has 1 aliphatic rings. The zero-order valence-electron chi connectivity index (χ0n) is 24.3. The van der Waals surface area contributed by atoms with E-state index in [1.165, 1.54) is 4.31 Å². The normalized spacial score (nSPS) is 16.4. The molecule has 2 unspecified atom stereocenters. The summed E-state index contributed by atoms with van der Waals surface area (Å²) in [4.78, 5) is 14.1. The topological polar surface area (TPSA) is 87.7 Å². The van der Waals surface area contributed by atoms with Crippen molar-refractivity contribution in [2.45, 2.75) is 71.2 Å². The Hall–Kier alpha value is -2.98. The molecular weight excluding hydrogens is 539 g/mol. The van der Waals surface area contributed by atoms with Crippen molar-refractivity contribution < 1.29 is 17.6 Å². The summed E-state index contributed by atoms with van der Waals surface area (Å²) in [6.07, 6.45) is -0.984. The second-order valence-corrected chi connectivity index (χ2v) is 18.5. The highest BCUT2D eigenvalue weighted by Gasteiger charge is 2.42. The van der Waals surface area contributed by atoms with E-state index in [4.69, 9.17) is 4.43 Å². The first-order valence-corrected chi connectivity index (χ1v) is 18.3. The molecule has 1 aliphatic heterocycles. The van der Waals surface area contributed by atoms with E-state index >= 15 is 0 Å². The lowest BCUT2D eigenvalue weighted by Crippen LogP contribution is -2.50. The van der Waals surface area contributed by atoms with Crippen LogP contribution in [0.2, 0.25) is 18.1 Å². The third-order valence-corrected chi connectivity index (χ3v) is 14.1. The van der Waals surface area contributed by atoms with E-state index in [0.29, 0.717) is 29.9 Å². The number of nitrogens with one attached hydrogen (secondary N) is 2. The molecule has 0 aliphatic carbocycles. The second kappa shape index (κ2) is 11.9. The van der Waals surface area contributed by atoms with Crippen molar-refractivity contribution in [2.75, 3.05) is 15.4 Å². The average Bonchev–Trinajstić information content (AvgIpc) is 3.29. The minimum absolute atomic E-state index is 0.00304. The van der Waals surface area contributed by atoms with Crippen molar-refractivity contribution in [1.82, 2.24) is 5.32 Å². The first-order chi connectivity index (χ1) is 18.8. The number of carbonyl (C=O) groups excluding carboxylic acids is 1. The van der Waals surface area contributed by atoms with E-state index in [1.807, 2.05) is 67.6 Å². The molecule has 0 saturated carbocycles. The van der Waals surface area contributed by atoms with E-state index in [9.17, 15) is 13.2 Å². The number of hydrogen-bond acceptors (Lipinski definition) is 6. The van der Waals surface area contributed by atoms with Gasteiger partial charge in [-0.15, -0.1) is 0 Å². The summed E-state index contributed by atoms with van der Waals surface area (Å²) in [6.45, 7) is 13.0. The van der Waals surface area contributed by atoms with Gasteiger partial charge >= 0.3 is 0 Å². The van der Waals surface area contributed by atoms with Gasteiger partial charge in [-0.25, -0.2) is 12.7 Å². The molecule has 214 valence electrons. The van der Waals surface area contributed by atoms with Crippen LogP contribution in [0.25, 0.3) is 0 Å². The standard InChI is InChI=1S/C31H41N3O4SSi/c1-7-20-39(36,37)34-27-21-25(18-19-26(27)33-30(34)32-22-23-14-10-8-11-15-23)28(35)29(24-16-12-9-13-17-24)38-40(5,6)31(2,3)4/h8-19,21,29-30,32-33H,7,20,22H2,1-6H3. The van der Waals surface area contributed by atoms with Crippen molar-refractivity contribution in [2.24, 2.45) is 0 Å². The number of sulfonamides is 1. The van der Waals surface area contributed by atoms with Gasteiger partial charge in [-0.3, -0.25) is 10.1 Å². The van der Waals surface area contributed by atoms with Gasteiger partial charge in [-0.1, -0.05) is 88.4 Å². The van der Waals surface area contributed by atoms with Crippen LogP contribution < -0.4 is 14.9 Å². The number of fused-ring (bicyclic) bond motifs is 1. The van der Waals surface area contributed by atoms with Crippen molar-refractivity contribution >= 4 is 35.5 Å². The van der Waals surface area contributed by atoms with Crippen LogP contribution in [0.1, 0.15) is 61.7 Å². The van der Waals surface area contributed by atoms with Gasteiger partial charge in [0.2, 0.25) is 10.0 Å². The van der Waals surface area contributed by atoms with Gasteiger partial charge < -0.3 is 9.74 Å². The summed E-state index contributed by atoms with van der Waals surface area (Å²) in [6, 6.07) is 24.6. The lowest BCUT2D eigenvalue weighted by Gasteiger charge is -2.39. The summed E-state index contributed by atoms with van der Waals surface area (Å²) in [5.41, 5.74) is 3.35. The maximum absolute atomic E-state index is 14.1. The predicted molar refractivity (Wildman–Crippen MR) is 165 cm³/mol. The molecule has 0 aromatic heterocycles. The van der Waals surface area contributed by atoms with Gasteiger partial charge in [0.1, 0.15) is 6.10 Å². The highest BCUT2D eigenvalue weighted by Crippen LogP contribution is 2.42. The fraction of sp³-hybridized carbons (Fsp3) is 0.387. The smallest absolute Gasteiger partial charge is 0.237 e. The third kappa shape index (κ3) is 6.49. The summed E-state index contributed by atoms with van der Waals surface area (Å²) in [7, 11) is -5.99. The Morgan fingerprint density at radius 3 is 2.25 bits per heavy atom. The van der Waals surface area contributed by atoms with Crippen molar-refractivity contribution in [3.05, 3.63) is 95.6 Å². The maximum atomic E-state index is 14.1. The number of benzene rings is 3. The number of hydrogen-bond donors (Lipinski definition) is 2. The molecule has 7 nitrogen and oxygen atoms in total. The second-order valence-electron chi connectivity index (χ2n) is 11.8. The van der Waals surface area contributed by atoms with Crippen LogP contribution in [0.4, 0.5) is 11.4 Å². The molecule has 0 radical (unpaired) electrons. The Bertz CT molecular complexity index is 1420. The van der Waals surface area contributed by atoms with E-state index < -0.39 is 30.7 Å². The number of carbonyl (C=O) groups is 1. The van der Waals surface area contributed by atoms with E-state index in [-0.39, 0.29) is 16.6 Å². The third-order valence-electron chi connectivity index (χ3n) is 7.71. The fourth-order valence-corrected chi connectivity index (χ4v) is 7.27. The predicted octanol–water partition coefficient (Wildman–Crippen LogP) is 6.68. The van der Waals surface area contributed by atoms with Crippen LogP contribution in [0.5, 0.6) is 0 Å². The minimum atomic E-state index is -3.67. The summed E-state index contributed by atoms with van der Waals surface area (Å²) in [5, 5.41) is 6.55. The van der Waals surface area contributed by atoms with Gasteiger partial charge in [0.15, 0.2) is 20.4 Å². The number of Topliss-reactive ketones (excluding diaryl/α,β-unsaturated/α-hetero) is 1. The van der Waals surface area contributed by atoms with Gasteiger partial charge in [-0.05, 0) is 53.9 Å². The van der Waals surface area contributed by atoms with Crippen LogP contribution in [0.15, 0.2) is 78.9 Å². The monoisotopic (exact) mass is 579 g/mol. The van der Waals surface area contributed by atoms with Crippen molar-refractivity contribution in [3.8, 4) is 0 Å². The molecule has 0 fully saturated rings. The summed E-state index contributed by atoms with van der Waals surface area (Å²) >= 11 is 0. The summed E-state index contributed by atoms with van der Waals surface area (Å²) < 4.78 is 35.1. The highest BCUT2D eigenvalue weighted by molar-refractivity contribution is 7.92. The molecule has 0 saturated heterocycles. The Labute approximate surface area is 240 Å². The Morgan fingerprint density at radius 1 is 1.02 bits per heavy atom. The fourth-order valence-electron chi connectivity index (χ4n) is 4.47. The van der Waals surface area contributed by atoms with Crippen molar-refractivity contribution in [1.29, 1.82) is 0 Å². The zero-order valence-corrected chi connectivity index (χ0v) is 26.1. The molecule has 3 aromatic carbocycles. The van der Waals surface area contributed by atoms with Gasteiger partial charge in [0.05, 0.1) is 17.1 Å². The quantitative estimate of drug-likeness (QED) is 0.195.